The predicted molar refractivity (Wildman–Crippen MR) is 102 cm³/mol. The van der Waals surface area contributed by atoms with Crippen LogP contribution in [0.5, 0.6) is 0 Å². The Bertz CT molecular complexity index is 995. The van der Waals surface area contributed by atoms with E-state index < -0.39 is 30.1 Å². The summed E-state index contributed by atoms with van der Waals surface area (Å²) >= 11 is 3.38. The number of hydrogen-bond acceptors (Lipinski definition) is 4. The van der Waals surface area contributed by atoms with Crippen molar-refractivity contribution in [2.24, 2.45) is 0 Å². The third kappa shape index (κ3) is 5.29. The molecule has 0 atom stereocenters. The fourth-order valence-corrected chi connectivity index (χ4v) is 3.05. The number of halogens is 5. The lowest BCUT2D eigenvalue weighted by Gasteiger charge is -2.05. The van der Waals surface area contributed by atoms with Gasteiger partial charge in [-0.05, 0) is 47.5 Å². The average Bonchev–Trinajstić information content (AvgIpc) is 3.39. The summed E-state index contributed by atoms with van der Waals surface area (Å²) in [5.41, 5.74) is -0.516. The quantitative estimate of drug-likeness (QED) is 0.353. The standard InChI is InChI=1S/C18H18BrF4N5O2/c1-10-12(19)9-27(25-10)6-2-5-24-18(29)15-4-3-11(30-15)8-28-14(17(22)23)7-13(26-28)16(20)21/h3-4,7,9,16-17H,2,5-6,8H2,1H3,(H,24,29). The summed E-state index contributed by atoms with van der Waals surface area (Å²) in [6, 6.07) is 3.46. The van der Waals surface area contributed by atoms with Crippen molar-refractivity contribution in [3.8, 4) is 0 Å². The van der Waals surface area contributed by atoms with Gasteiger partial charge in [0.1, 0.15) is 17.1 Å². The summed E-state index contributed by atoms with van der Waals surface area (Å²) in [5.74, 6) is -0.341. The fraction of sp³-hybridized carbons (Fsp3) is 0.389. The topological polar surface area (TPSA) is 77.9 Å². The minimum atomic E-state index is -2.97. The monoisotopic (exact) mass is 491 g/mol. The number of nitrogens with zero attached hydrogens (tertiary/aromatic N) is 4. The first-order valence-electron chi connectivity index (χ1n) is 8.95. The molecule has 0 aliphatic carbocycles. The molecule has 3 heterocycles. The number of alkyl halides is 4. The molecule has 3 aromatic heterocycles. The van der Waals surface area contributed by atoms with E-state index in [1.807, 2.05) is 13.1 Å². The van der Waals surface area contributed by atoms with Crippen LogP contribution in [0.4, 0.5) is 17.6 Å². The number of carbonyl (C=O) groups is 1. The van der Waals surface area contributed by atoms with Gasteiger partial charge < -0.3 is 9.73 Å². The zero-order valence-electron chi connectivity index (χ0n) is 15.8. The highest BCUT2D eigenvalue weighted by molar-refractivity contribution is 9.10. The Hall–Kier alpha value is -2.63. The lowest BCUT2D eigenvalue weighted by Crippen LogP contribution is -2.24. The molecule has 0 unspecified atom stereocenters. The average molecular weight is 492 g/mol. The van der Waals surface area contributed by atoms with Crippen LogP contribution < -0.4 is 5.32 Å². The molecular formula is C18H18BrF4N5O2. The van der Waals surface area contributed by atoms with Gasteiger partial charge in [0.05, 0.1) is 16.7 Å². The van der Waals surface area contributed by atoms with Crippen LogP contribution in [0.2, 0.25) is 0 Å². The molecule has 0 aliphatic heterocycles. The minimum absolute atomic E-state index is 0.0116. The van der Waals surface area contributed by atoms with Crippen LogP contribution in [0.15, 0.2) is 33.3 Å². The first-order chi connectivity index (χ1) is 14.2. The van der Waals surface area contributed by atoms with Gasteiger partial charge in [0, 0.05) is 19.3 Å². The molecule has 12 heteroatoms. The maximum Gasteiger partial charge on any atom is 0.286 e. The van der Waals surface area contributed by atoms with Gasteiger partial charge in [-0.3, -0.25) is 14.2 Å². The molecule has 0 aliphatic rings. The van der Waals surface area contributed by atoms with Crippen molar-refractivity contribution in [1.82, 2.24) is 24.9 Å². The van der Waals surface area contributed by atoms with E-state index in [1.54, 1.807) is 4.68 Å². The van der Waals surface area contributed by atoms with E-state index in [-0.39, 0.29) is 18.1 Å². The van der Waals surface area contributed by atoms with Crippen LogP contribution in [-0.4, -0.2) is 32.0 Å². The maximum atomic E-state index is 13.1. The van der Waals surface area contributed by atoms with Crippen molar-refractivity contribution in [3.63, 3.8) is 0 Å². The van der Waals surface area contributed by atoms with Crippen LogP contribution in [-0.2, 0) is 13.1 Å². The van der Waals surface area contributed by atoms with E-state index in [0.717, 1.165) is 14.8 Å². The highest BCUT2D eigenvalue weighted by Crippen LogP contribution is 2.26. The summed E-state index contributed by atoms with van der Waals surface area (Å²) in [7, 11) is 0. The number of rotatable bonds is 9. The van der Waals surface area contributed by atoms with Crippen LogP contribution >= 0.6 is 15.9 Å². The van der Waals surface area contributed by atoms with Crippen LogP contribution in [0.1, 0.15) is 52.7 Å². The summed E-state index contributed by atoms with van der Waals surface area (Å²) in [6.45, 7) is 2.56. The van der Waals surface area contributed by atoms with Crippen molar-refractivity contribution < 1.29 is 26.8 Å². The second-order valence-electron chi connectivity index (χ2n) is 6.45. The van der Waals surface area contributed by atoms with Gasteiger partial charge in [0.15, 0.2) is 5.76 Å². The highest BCUT2D eigenvalue weighted by atomic mass is 79.9. The van der Waals surface area contributed by atoms with E-state index in [1.165, 1.54) is 12.1 Å². The Kier molecular flexibility index (Phi) is 6.95. The van der Waals surface area contributed by atoms with E-state index in [2.05, 4.69) is 31.4 Å². The van der Waals surface area contributed by atoms with Crippen molar-refractivity contribution in [2.75, 3.05) is 6.54 Å². The van der Waals surface area contributed by atoms with Gasteiger partial charge in [0.25, 0.3) is 18.8 Å². The van der Waals surface area contributed by atoms with Crippen molar-refractivity contribution in [3.05, 3.63) is 57.5 Å². The number of nitrogens with one attached hydrogen (secondary N) is 1. The number of amides is 1. The van der Waals surface area contributed by atoms with Crippen LogP contribution in [0, 0.1) is 6.92 Å². The van der Waals surface area contributed by atoms with Gasteiger partial charge in [-0.1, -0.05) is 0 Å². The van der Waals surface area contributed by atoms with Crippen LogP contribution in [0.3, 0.4) is 0 Å². The molecule has 3 aromatic rings. The zero-order valence-corrected chi connectivity index (χ0v) is 17.4. The lowest BCUT2D eigenvalue weighted by molar-refractivity contribution is 0.0922. The molecule has 0 fully saturated rings. The van der Waals surface area contributed by atoms with E-state index in [9.17, 15) is 22.4 Å². The summed E-state index contributed by atoms with van der Waals surface area (Å²) in [5, 5.41) is 10.5. The number of furan rings is 1. The van der Waals surface area contributed by atoms with Gasteiger partial charge in [0.2, 0.25) is 0 Å². The van der Waals surface area contributed by atoms with Gasteiger partial charge in [-0.25, -0.2) is 17.6 Å². The van der Waals surface area contributed by atoms with E-state index in [4.69, 9.17) is 4.42 Å². The zero-order chi connectivity index (χ0) is 21.8. The molecule has 0 saturated carbocycles. The molecule has 1 amide bonds. The maximum absolute atomic E-state index is 13.1. The molecule has 0 bridgehead atoms. The molecule has 0 spiro atoms. The first-order valence-corrected chi connectivity index (χ1v) is 9.74. The Morgan fingerprint density at radius 2 is 2.00 bits per heavy atom. The number of aryl methyl sites for hydroxylation is 2. The molecule has 3 rings (SSSR count). The highest BCUT2D eigenvalue weighted by Gasteiger charge is 2.22. The second kappa shape index (κ2) is 9.45. The normalized spacial score (nSPS) is 11.6. The molecule has 0 saturated heterocycles. The van der Waals surface area contributed by atoms with Gasteiger partial charge in [-0.15, -0.1) is 0 Å². The Morgan fingerprint density at radius 3 is 2.63 bits per heavy atom. The Labute approximate surface area is 177 Å². The SMILES string of the molecule is Cc1nn(CCCNC(=O)c2ccc(Cn3nc(C(F)F)cc3C(F)F)o2)cc1Br. The molecule has 162 valence electrons. The third-order valence-corrected chi connectivity index (χ3v) is 4.98. The number of carbonyl (C=O) groups excluding carboxylic acids is 1. The molecule has 0 radical (unpaired) electrons. The summed E-state index contributed by atoms with van der Waals surface area (Å²) in [4.78, 5) is 12.2. The van der Waals surface area contributed by atoms with E-state index >= 15 is 0 Å². The lowest BCUT2D eigenvalue weighted by atomic mass is 10.3. The second-order valence-corrected chi connectivity index (χ2v) is 7.31. The smallest absolute Gasteiger partial charge is 0.286 e. The van der Waals surface area contributed by atoms with E-state index in [0.29, 0.717) is 25.6 Å². The molecule has 30 heavy (non-hydrogen) atoms. The van der Waals surface area contributed by atoms with Crippen LogP contribution in [0.25, 0.3) is 0 Å². The molecule has 1 N–H and O–H groups in total. The van der Waals surface area contributed by atoms with Crippen molar-refractivity contribution in [1.29, 1.82) is 0 Å². The summed E-state index contributed by atoms with van der Waals surface area (Å²) in [6.07, 6.45) is -3.46. The number of aromatic nitrogens is 4. The van der Waals surface area contributed by atoms with Crippen molar-refractivity contribution in [2.45, 2.75) is 39.3 Å². The summed E-state index contributed by atoms with van der Waals surface area (Å²) < 4.78 is 60.4. The largest absolute Gasteiger partial charge is 0.454 e. The molecule has 0 aromatic carbocycles. The molecular weight excluding hydrogens is 474 g/mol. The minimum Gasteiger partial charge on any atom is -0.454 e. The third-order valence-electron chi connectivity index (χ3n) is 4.20. The molecule has 7 nitrogen and oxygen atoms in total. The Balaban J connectivity index is 1.55. The fourth-order valence-electron chi connectivity index (χ4n) is 2.73. The Morgan fingerprint density at radius 1 is 1.23 bits per heavy atom. The van der Waals surface area contributed by atoms with Crippen molar-refractivity contribution >= 4 is 21.8 Å². The van der Waals surface area contributed by atoms with Gasteiger partial charge >= 0.3 is 0 Å². The first kappa shape index (κ1) is 22.1. The predicted octanol–water partition coefficient (Wildman–Crippen LogP) is 4.49. The number of hydrogen-bond donors (Lipinski definition) is 1. The van der Waals surface area contributed by atoms with Gasteiger partial charge in [-0.2, -0.15) is 10.2 Å².